The van der Waals surface area contributed by atoms with Gasteiger partial charge in [-0.05, 0) is 24.3 Å². The van der Waals surface area contributed by atoms with E-state index in [1.165, 1.54) is 22.7 Å². The Morgan fingerprint density at radius 2 is 1.95 bits per heavy atom. The van der Waals surface area contributed by atoms with Gasteiger partial charge in [-0.1, -0.05) is 0 Å². The first kappa shape index (κ1) is 13.2. The maximum absolute atomic E-state index is 12.2. The molecule has 0 atom stereocenters. The average Bonchev–Trinajstić information content (AvgIpc) is 2.77. The van der Waals surface area contributed by atoms with Gasteiger partial charge in [0.2, 0.25) is 0 Å². The number of nitrogens with zero attached hydrogens (tertiary/aromatic N) is 2. The van der Waals surface area contributed by atoms with Crippen LogP contribution in [0.5, 0.6) is 5.75 Å². The van der Waals surface area contributed by atoms with Crippen LogP contribution in [-0.2, 0) is 10.1 Å². The number of alkyl halides is 3. The molecule has 100 valence electrons. The summed E-state index contributed by atoms with van der Waals surface area (Å²) in [6.45, 7) is 0. The summed E-state index contributed by atoms with van der Waals surface area (Å²) in [7, 11) is -5.74. The van der Waals surface area contributed by atoms with Crippen LogP contribution in [0.4, 0.5) is 13.2 Å². The third kappa shape index (κ3) is 2.22. The summed E-state index contributed by atoms with van der Waals surface area (Å²) < 4.78 is 63.8. The van der Waals surface area contributed by atoms with Gasteiger partial charge in [-0.2, -0.15) is 26.9 Å². The number of fused-ring (bicyclic) bond motifs is 1. The molecule has 0 saturated carbocycles. The minimum absolute atomic E-state index is 0.0480. The van der Waals surface area contributed by atoms with Gasteiger partial charge in [0.25, 0.3) is 0 Å². The normalized spacial score (nSPS) is 12.3. The zero-order valence-corrected chi connectivity index (χ0v) is 9.86. The number of aromatic nitrogens is 1. The van der Waals surface area contributed by atoms with Crippen molar-refractivity contribution in [2.45, 2.75) is 5.51 Å². The van der Waals surface area contributed by atoms with Crippen molar-refractivity contribution >= 4 is 15.6 Å². The van der Waals surface area contributed by atoms with Crippen LogP contribution < -0.4 is 4.18 Å². The summed E-state index contributed by atoms with van der Waals surface area (Å²) in [4.78, 5) is 0. The maximum Gasteiger partial charge on any atom is 0.534 e. The first-order valence-corrected chi connectivity index (χ1v) is 6.18. The van der Waals surface area contributed by atoms with Crippen LogP contribution in [0.2, 0.25) is 0 Å². The molecule has 0 fully saturated rings. The summed E-state index contributed by atoms with van der Waals surface area (Å²) in [5.41, 5.74) is -5.33. The summed E-state index contributed by atoms with van der Waals surface area (Å²) in [5, 5.41) is 8.80. The molecule has 0 N–H and O–H groups in total. The Morgan fingerprint density at radius 3 is 2.53 bits per heavy atom. The second kappa shape index (κ2) is 4.17. The Bertz CT molecular complexity index is 771. The van der Waals surface area contributed by atoms with Crippen molar-refractivity contribution in [1.82, 2.24) is 4.40 Å². The van der Waals surface area contributed by atoms with Crippen molar-refractivity contribution < 1.29 is 25.8 Å². The molecular weight excluding hydrogens is 285 g/mol. The molecule has 0 aromatic carbocycles. The molecule has 2 rings (SSSR count). The molecule has 0 spiro atoms. The van der Waals surface area contributed by atoms with Gasteiger partial charge in [0.1, 0.15) is 11.8 Å². The van der Waals surface area contributed by atoms with Crippen molar-refractivity contribution in [3.8, 4) is 11.8 Å². The molecule has 2 heterocycles. The van der Waals surface area contributed by atoms with Crippen molar-refractivity contribution in [3.05, 3.63) is 36.2 Å². The minimum Gasteiger partial charge on any atom is -0.374 e. The largest absolute Gasteiger partial charge is 0.534 e. The van der Waals surface area contributed by atoms with Crippen LogP contribution >= 0.6 is 0 Å². The molecule has 0 aliphatic rings. The average molecular weight is 290 g/mol. The van der Waals surface area contributed by atoms with Crippen LogP contribution in [0, 0.1) is 11.3 Å². The van der Waals surface area contributed by atoms with Gasteiger partial charge in [0.05, 0.1) is 5.52 Å². The molecule has 5 nitrogen and oxygen atoms in total. The van der Waals surface area contributed by atoms with E-state index in [1.807, 2.05) is 6.07 Å². The Labute approximate surface area is 105 Å². The molecule has 9 heteroatoms. The van der Waals surface area contributed by atoms with E-state index in [0.717, 1.165) is 12.1 Å². The van der Waals surface area contributed by atoms with Gasteiger partial charge < -0.3 is 8.58 Å². The van der Waals surface area contributed by atoms with E-state index in [0.29, 0.717) is 0 Å². The van der Waals surface area contributed by atoms with Crippen molar-refractivity contribution in [2.24, 2.45) is 0 Å². The predicted octanol–water partition coefficient (Wildman–Crippen LogP) is 2.04. The Morgan fingerprint density at radius 1 is 1.26 bits per heavy atom. The van der Waals surface area contributed by atoms with E-state index in [-0.39, 0.29) is 11.2 Å². The number of rotatable bonds is 2. The van der Waals surface area contributed by atoms with Crippen LogP contribution in [0.1, 0.15) is 5.69 Å². The highest BCUT2D eigenvalue weighted by atomic mass is 32.2. The van der Waals surface area contributed by atoms with Crippen LogP contribution in [0.25, 0.3) is 5.52 Å². The molecule has 2 aromatic rings. The summed E-state index contributed by atoms with van der Waals surface area (Å²) >= 11 is 0. The van der Waals surface area contributed by atoms with E-state index in [4.69, 9.17) is 5.26 Å². The Balaban J connectivity index is 2.55. The second-order valence-electron chi connectivity index (χ2n) is 3.44. The van der Waals surface area contributed by atoms with E-state index in [1.54, 1.807) is 0 Å². The van der Waals surface area contributed by atoms with Gasteiger partial charge in [-0.25, -0.2) is 0 Å². The van der Waals surface area contributed by atoms with Crippen LogP contribution in [-0.4, -0.2) is 18.3 Å². The molecule has 0 saturated heterocycles. The fraction of sp³-hybridized carbons (Fsp3) is 0.100. The van der Waals surface area contributed by atoms with Crippen molar-refractivity contribution in [1.29, 1.82) is 5.26 Å². The molecular formula is C10H5F3N2O3S. The maximum atomic E-state index is 12.2. The summed E-state index contributed by atoms with van der Waals surface area (Å²) in [6.07, 6.45) is 1.40. The third-order valence-electron chi connectivity index (χ3n) is 2.25. The number of nitriles is 1. The van der Waals surface area contributed by atoms with Crippen molar-refractivity contribution in [3.63, 3.8) is 0 Å². The molecule has 0 aliphatic carbocycles. The molecule has 19 heavy (non-hydrogen) atoms. The minimum atomic E-state index is -5.74. The molecule has 2 aromatic heterocycles. The zero-order valence-electron chi connectivity index (χ0n) is 9.05. The summed E-state index contributed by atoms with van der Waals surface area (Å²) in [5.74, 6) is -0.499. The van der Waals surface area contributed by atoms with Gasteiger partial charge in [-0.15, -0.1) is 0 Å². The van der Waals surface area contributed by atoms with Crippen molar-refractivity contribution in [2.75, 3.05) is 0 Å². The zero-order chi connectivity index (χ0) is 14.3. The van der Waals surface area contributed by atoms with E-state index >= 15 is 0 Å². The monoisotopic (exact) mass is 290 g/mol. The highest BCUT2D eigenvalue weighted by Crippen LogP contribution is 2.30. The van der Waals surface area contributed by atoms with Crippen LogP contribution in [0.3, 0.4) is 0 Å². The highest BCUT2D eigenvalue weighted by Gasteiger charge is 2.48. The predicted molar refractivity (Wildman–Crippen MR) is 57.7 cm³/mol. The van der Waals surface area contributed by atoms with Gasteiger partial charge in [0.15, 0.2) is 5.75 Å². The Hall–Kier alpha value is -2.21. The number of hydrogen-bond donors (Lipinski definition) is 0. The molecule has 0 bridgehead atoms. The second-order valence-corrected chi connectivity index (χ2v) is 4.98. The van der Waals surface area contributed by atoms with E-state index in [9.17, 15) is 21.6 Å². The number of hydrogen-bond acceptors (Lipinski definition) is 4. The smallest absolute Gasteiger partial charge is 0.374 e. The number of halogens is 3. The van der Waals surface area contributed by atoms with Crippen LogP contribution in [0.15, 0.2) is 30.5 Å². The standard InChI is InChI=1S/C10H5F3N2O3S/c11-10(12,13)19(16,17)18-9-4-3-7(6-14)15-5-1-2-8(9)15/h1-5H. The Kier molecular flexibility index (Phi) is 2.90. The number of pyridine rings is 1. The van der Waals surface area contributed by atoms with Gasteiger partial charge in [-0.3, -0.25) is 0 Å². The molecule has 0 aliphatic heterocycles. The topological polar surface area (TPSA) is 71.6 Å². The lowest BCUT2D eigenvalue weighted by molar-refractivity contribution is -0.0499. The van der Waals surface area contributed by atoms with Gasteiger partial charge in [0, 0.05) is 6.20 Å². The van der Waals surface area contributed by atoms with E-state index in [2.05, 4.69) is 4.18 Å². The summed E-state index contributed by atoms with van der Waals surface area (Å²) in [6, 6.07) is 6.75. The highest BCUT2D eigenvalue weighted by molar-refractivity contribution is 7.88. The molecule has 0 unspecified atom stereocenters. The fourth-order valence-corrected chi connectivity index (χ4v) is 1.91. The molecule has 0 amide bonds. The fourth-order valence-electron chi connectivity index (χ4n) is 1.44. The SMILES string of the molecule is N#Cc1ccc(OS(=O)(=O)C(F)(F)F)c2cccn12. The first-order valence-electron chi connectivity index (χ1n) is 4.77. The lowest BCUT2D eigenvalue weighted by Crippen LogP contribution is -2.28. The third-order valence-corrected chi connectivity index (χ3v) is 3.22. The lowest BCUT2D eigenvalue weighted by Gasteiger charge is -2.11. The quantitative estimate of drug-likeness (QED) is 0.626. The van der Waals surface area contributed by atoms with Gasteiger partial charge >= 0.3 is 15.6 Å². The lowest BCUT2D eigenvalue weighted by atomic mass is 10.3. The molecule has 0 radical (unpaired) electrons. The first-order chi connectivity index (χ1) is 8.76. The van der Waals surface area contributed by atoms with E-state index < -0.39 is 21.4 Å².